The third-order valence-corrected chi connectivity index (χ3v) is 3.97. The smallest absolute Gasteiger partial charge is 0.0574 e. The first kappa shape index (κ1) is 12.1. The summed E-state index contributed by atoms with van der Waals surface area (Å²) in [7, 11) is 2.03. The van der Waals surface area contributed by atoms with Crippen molar-refractivity contribution in [2.24, 2.45) is 5.92 Å². The number of pyridine rings is 1. The topological polar surface area (TPSA) is 24.9 Å². The Labute approximate surface area is 106 Å². The van der Waals surface area contributed by atoms with E-state index in [1.54, 1.807) is 0 Å². The molecular formula is C13H19BrN2. The molecule has 1 aliphatic carbocycles. The molecule has 0 amide bonds. The molecule has 1 atom stereocenters. The second kappa shape index (κ2) is 5.78. The van der Waals surface area contributed by atoms with E-state index in [4.69, 9.17) is 0 Å². The van der Waals surface area contributed by atoms with Crippen LogP contribution >= 0.6 is 15.9 Å². The minimum absolute atomic E-state index is 0.413. The summed E-state index contributed by atoms with van der Waals surface area (Å²) in [6, 6.07) is 4.60. The lowest BCUT2D eigenvalue weighted by atomic mass is 9.96. The Morgan fingerprint density at radius 3 is 2.75 bits per heavy atom. The zero-order valence-corrected chi connectivity index (χ0v) is 11.3. The van der Waals surface area contributed by atoms with Crippen LogP contribution in [0.5, 0.6) is 0 Å². The van der Waals surface area contributed by atoms with Gasteiger partial charge < -0.3 is 5.32 Å². The number of nitrogens with one attached hydrogen (secondary N) is 1. The SMILES string of the molecule is CNC(CC1CCCC1)c1ccc(Br)cn1. The van der Waals surface area contributed by atoms with Gasteiger partial charge in [0.15, 0.2) is 0 Å². The van der Waals surface area contributed by atoms with E-state index in [1.807, 2.05) is 13.2 Å². The Kier molecular flexibility index (Phi) is 4.36. The highest BCUT2D eigenvalue weighted by atomic mass is 79.9. The summed E-state index contributed by atoms with van der Waals surface area (Å²) in [4.78, 5) is 4.48. The minimum Gasteiger partial charge on any atom is -0.312 e. The summed E-state index contributed by atoms with van der Waals surface area (Å²) in [6.07, 6.45) is 8.73. The predicted molar refractivity (Wildman–Crippen MR) is 70.3 cm³/mol. The van der Waals surface area contributed by atoms with E-state index < -0.39 is 0 Å². The van der Waals surface area contributed by atoms with E-state index in [-0.39, 0.29) is 0 Å². The fourth-order valence-electron chi connectivity index (χ4n) is 2.56. The van der Waals surface area contributed by atoms with Crippen molar-refractivity contribution in [1.29, 1.82) is 0 Å². The van der Waals surface area contributed by atoms with Crippen LogP contribution in [0.1, 0.15) is 43.8 Å². The van der Waals surface area contributed by atoms with E-state index in [0.717, 1.165) is 16.1 Å². The zero-order valence-electron chi connectivity index (χ0n) is 9.75. The molecule has 2 rings (SSSR count). The lowest BCUT2D eigenvalue weighted by Crippen LogP contribution is -2.20. The van der Waals surface area contributed by atoms with Gasteiger partial charge in [-0.2, -0.15) is 0 Å². The minimum atomic E-state index is 0.413. The molecule has 3 heteroatoms. The largest absolute Gasteiger partial charge is 0.312 e. The van der Waals surface area contributed by atoms with Crippen LogP contribution < -0.4 is 5.32 Å². The van der Waals surface area contributed by atoms with Gasteiger partial charge in [0.2, 0.25) is 0 Å². The van der Waals surface area contributed by atoms with Gasteiger partial charge in [-0.3, -0.25) is 4.98 Å². The maximum Gasteiger partial charge on any atom is 0.0574 e. The van der Waals surface area contributed by atoms with Gasteiger partial charge in [-0.15, -0.1) is 0 Å². The van der Waals surface area contributed by atoms with Crippen molar-refractivity contribution in [2.75, 3.05) is 7.05 Å². The molecule has 0 radical (unpaired) electrons. The van der Waals surface area contributed by atoms with Crippen molar-refractivity contribution in [3.63, 3.8) is 0 Å². The summed E-state index contributed by atoms with van der Waals surface area (Å²) in [5.41, 5.74) is 1.16. The molecule has 1 aliphatic rings. The third kappa shape index (κ3) is 3.05. The van der Waals surface area contributed by atoms with Crippen LogP contribution in [-0.2, 0) is 0 Å². The first-order chi connectivity index (χ1) is 7.79. The summed E-state index contributed by atoms with van der Waals surface area (Å²) in [6.45, 7) is 0. The van der Waals surface area contributed by atoms with Gasteiger partial charge in [0.25, 0.3) is 0 Å². The van der Waals surface area contributed by atoms with Crippen LogP contribution in [-0.4, -0.2) is 12.0 Å². The highest BCUT2D eigenvalue weighted by Crippen LogP contribution is 2.32. The van der Waals surface area contributed by atoms with Gasteiger partial charge in [-0.25, -0.2) is 0 Å². The number of halogens is 1. The van der Waals surface area contributed by atoms with Crippen LogP contribution in [0.15, 0.2) is 22.8 Å². The lowest BCUT2D eigenvalue weighted by molar-refractivity contribution is 0.407. The molecular weight excluding hydrogens is 264 g/mol. The van der Waals surface area contributed by atoms with Crippen molar-refractivity contribution < 1.29 is 0 Å². The van der Waals surface area contributed by atoms with E-state index in [9.17, 15) is 0 Å². The molecule has 0 aromatic carbocycles. The van der Waals surface area contributed by atoms with Crippen LogP contribution in [0.3, 0.4) is 0 Å². The summed E-state index contributed by atoms with van der Waals surface area (Å²) in [5.74, 6) is 0.892. The van der Waals surface area contributed by atoms with Gasteiger partial charge in [0, 0.05) is 16.7 Å². The lowest BCUT2D eigenvalue weighted by Gasteiger charge is -2.19. The second-order valence-corrected chi connectivity index (χ2v) is 5.54. The average molecular weight is 283 g/mol. The average Bonchev–Trinajstić information content (AvgIpc) is 2.80. The molecule has 88 valence electrons. The fourth-order valence-corrected chi connectivity index (χ4v) is 2.79. The third-order valence-electron chi connectivity index (χ3n) is 3.50. The molecule has 1 N–H and O–H groups in total. The number of hydrogen-bond acceptors (Lipinski definition) is 2. The Hall–Kier alpha value is -0.410. The van der Waals surface area contributed by atoms with Crippen molar-refractivity contribution in [3.05, 3.63) is 28.5 Å². The van der Waals surface area contributed by atoms with Crippen LogP contribution in [0, 0.1) is 5.92 Å². The first-order valence-electron chi connectivity index (χ1n) is 6.08. The maximum atomic E-state index is 4.48. The molecule has 1 unspecified atom stereocenters. The molecule has 0 saturated heterocycles. The van der Waals surface area contributed by atoms with Gasteiger partial charge in [-0.1, -0.05) is 25.7 Å². The molecule has 16 heavy (non-hydrogen) atoms. The van der Waals surface area contributed by atoms with Crippen molar-refractivity contribution in [1.82, 2.24) is 10.3 Å². The molecule has 2 nitrogen and oxygen atoms in total. The van der Waals surface area contributed by atoms with Crippen LogP contribution in [0.25, 0.3) is 0 Å². The highest BCUT2D eigenvalue weighted by Gasteiger charge is 2.20. The zero-order chi connectivity index (χ0) is 11.4. The van der Waals surface area contributed by atoms with Gasteiger partial charge in [0.1, 0.15) is 0 Å². The predicted octanol–water partition coefficient (Wildman–Crippen LogP) is 3.68. The monoisotopic (exact) mass is 282 g/mol. The van der Waals surface area contributed by atoms with Crippen molar-refractivity contribution in [3.8, 4) is 0 Å². The number of rotatable bonds is 4. The number of hydrogen-bond donors (Lipinski definition) is 1. The van der Waals surface area contributed by atoms with Gasteiger partial charge >= 0.3 is 0 Å². The van der Waals surface area contributed by atoms with Crippen molar-refractivity contribution in [2.45, 2.75) is 38.1 Å². The molecule has 1 aromatic rings. The standard InChI is InChI=1S/C13H19BrN2/c1-15-13(8-10-4-2-3-5-10)12-7-6-11(14)9-16-12/h6-7,9-10,13,15H,2-5,8H2,1H3. The molecule has 0 bridgehead atoms. The Bertz CT molecular complexity index is 317. The summed E-state index contributed by atoms with van der Waals surface area (Å²) < 4.78 is 1.05. The van der Waals surface area contributed by atoms with Gasteiger partial charge in [0.05, 0.1) is 5.69 Å². The van der Waals surface area contributed by atoms with E-state index >= 15 is 0 Å². The summed E-state index contributed by atoms with van der Waals surface area (Å²) in [5, 5.41) is 3.39. The molecule has 0 aliphatic heterocycles. The first-order valence-corrected chi connectivity index (χ1v) is 6.87. The summed E-state index contributed by atoms with van der Waals surface area (Å²) >= 11 is 3.42. The van der Waals surface area contributed by atoms with E-state index in [1.165, 1.54) is 32.1 Å². The molecule has 0 spiro atoms. The number of aromatic nitrogens is 1. The molecule has 1 aromatic heterocycles. The maximum absolute atomic E-state index is 4.48. The van der Waals surface area contributed by atoms with Crippen LogP contribution in [0.2, 0.25) is 0 Å². The normalized spacial score (nSPS) is 18.9. The fraction of sp³-hybridized carbons (Fsp3) is 0.615. The van der Waals surface area contributed by atoms with Gasteiger partial charge in [-0.05, 0) is 47.4 Å². The quantitative estimate of drug-likeness (QED) is 0.911. The number of nitrogens with zero attached hydrogens (tertiary/aromatic N) is 1. The van der Waals surface area contributed by atoms with Crippen LogP contribution in [0.4, 0.5) is 0 Å². The molecule has 1 heterocycles. The molecule has 1 saturated carbocycles. The Balaban J connectivity index is 2.00. The highest BCUT2D eigenvalue weighted by molar-refractivity contribution is 9.10. The Morgan fingerprint density at radius 2 is 2.19 bits per heavy atom. The Morgan fingerprint density at radius 1 is 1.44 bits per heavy atom. The van der Waals surface area contributed by atoms with Crippen molar-refractivity contribution >= 4 is 15.9 Å². The van der Waals surface area contributed by atoms with E-state index in [2.05, 4.69) is 38.4 Å². The molecule has 1 fully saturated rings. The second-order valence-electron chi connectivity index (χ2n) is 4.63. The van der Waals surface area contributed by atoms with E-state index in [0.29, 0.717) is 6.04 Å².